The lowest BCUT2D eigenvalue weighted by Gasteiger charge is -2.28. The number of ether oxygens (including phenoxy) is 4. The zero-order valence-corrected chi connectivity index (χ0v) is 32.4. The van der Waals surface area contributed by atoms with Crippen LogP contribution in [0.5, 0.6) is 11.5 Å². The second-order valence-corrected chi connectivity index (χ2v) is 15.7. The van der Waals surface area contributed by atoms with Crippen LogP contribution in [0, 0.1) is 5.92 Å². The van der Waals surface area contributed by atoms with Crippen LogP contribution in [-0.2, 0) is 19.1 Å². The highest BCUT2D eigenvalue weighted by molar-refractivity contribution is 5.91. The van der Waals surface area contributed by atoms with Crippen LogP contribution in [0.15, 0.2) is 60.7 Å². The number of carbonyl (C=O) groups is 3. The molecule has 0 N–H and O–H groups in total. The first-order valence-electron chi connectivity index (χ1n) is 19.4. The minimum atomic E-state index is -0.547. The van der Waals surface area contributed by atoms with Gasteiger partial charge in [0.1, 0.15) is 22.7 Å². The molecule has 1 aliphatic carbocycles. The summed E-state index contributed by atoms with van der Waals surface area (Å²) in [6.45, 7) is 15.9. The Labute approximate surface area is 307 Å². The van der Waals surface area contributed by atoms with Crippen molar-refractivity contribution in [1.82, 2.24) is 0 Å². The molecular formula is C44H64O7. The fraction of sp³-hybridized carbons (Fsp3) is 0.614. The molecule has 3 rings (SSSR count). The Kier molecular flexibility index (Phi) is 17.3. The molecule has 1 aliphatic rings. The molecule has 0 bridgehead atoms. The van der Waals surface area contributed by atoms with E-state index in [-0.39, 0.29) is 17.9 Å². The van der Waals surface area contributed by atoms with E-state index in [9.17, 15) is 14.4 Å². The minimum absolute atomic E-state index is 0.162. The second-order valence-electron chi connectivity index (χ2n) is 15.7. The molecule has 282 valence electrons. The highest BCUT2D eigenvalue weighted by Gasteiger charge is 2.25. The van der Waals surface area contributed by atoms with Crippen molar-refractivity contribution in [2.24, 2.45) is 5.92 Å². The molecule has 0 spiro atoms. The quantitative estimate of drug-likeness (QED) is 0.0521. The summed E-state index contributed by atoms with van der Waals surface area (Å²) in [5.74, 6) is 1.89. The SMILES string of the molecule is C=C(C)C(=O)OC(C)(C)CCCCCC(=O)OC(C)(C)CCCCCCOc1ccc(C(=O)Oc2ccc(C3CCC(CCC)CC3)cc2)cc1. The van der Waals surface area contributed by atoms with Gasteiger partial charge in [0.05, 0.1) is 12.2 Å². The van der Waals surface area contributed by atoms with Crippen LogP contribution in [0.1, 0.15) is 166 Å². The zero-order chi connectivity index (χ0) is 37.3. The molecule has 0 heterocycles. The summed E-state index contributed by atoms with van der Waals surface area (Å²) in [6.07, 6.45) is 16.1. The number of esters is 3. The Balaban J connectivity index is 1.23. The normalized spacial score (nSPS) is 16.3. The molecule has 2 aromatic rings. The molecule has 0 unspecified atom stereocenters. The average Bonchev–Trinajstić information content (AvgIpc) is 3.08. The van der Waals surface area contributed by atoms with Gasteiger partial charge in [0.15, 0.2) is 0 Å². The van der Waals surface area contributed by atoms with Crippen LogP contribution in [0.4, 0.5) is 0 Å². The third-order valence-corrected chi connectivity index (χ3v) is 9.90. The largest absolute Gasteiger partial charge is 0.494 e. The Morgan fingerprint density at radius 3 is 1.90 bits per heavy atom. The van der Waals surface area contributed by atoms with Gasteiger partial charge in [0, 0.05) is 12.0 Å². The van der Waals surface area contributed by atoms with E-state index >= 15 is 0 Å². The van der Waals surface area contributed by atoms with Crippen molar-refractivity contribution < 1.29 is 33.3 Å². The van der Waals surface area contributed by atoms with Gasteiger partial charge < -0.3 is 18.9 Å². The molecule has 0 atom stereocenters. The topological polar surface area (TPSA) is 88.1 Å². The number of carbonyl (C=O) groups excluding carboxylic acids is 3. The molecular weight excluding hydrogens is 640 g/mol. The predicted octanol–water partition coefficient (Wildman–Crippen LogP) is 11.5. The molecule has 0 aliphatic heterocycles. The summed E-state index contributed by atoms with van der Waals surface area (Å²) < 4.78 is 22.8. The minimum Gasteiger partial charge on any atom is -0.494 e. The predicted molar refractivity (Wildman–Crippen MR) is 204 cm³/mol. The van der Waals surface area contributed by atoms with Crippen LogP contribution in [0.3, 0.4) is 0 Å². The van der Waals surface area contributed by atoms with Gasteiger partial charge in [-0.25, -0.2) is 9.59 Å². The maximum Gasteiger partial charge on any atom is 0.343 e. The first kappa shape index (κ1) is 41.8. The van der Waals surface area contributed by atoms with E-state index in [1.54, 1.807) is 19.1 Å². The molecule has 2 aromatic carbocycles. The van der Waals surface area contributed by atoms with E-state index in [4.69, 9.17) is 18.9 Å². The van der Waals surface area contributed by atoms with Crippen LogP contribution in [0.2, 0.25) is 0 Å². The average molecular weight is 705 g/mol. The van der Waals surface area contributed by atoms with Gasteiger partial charge in [-0.05, 0) is 153 Å². The van der Waals surface area contributed by atoms with Crippen molar-refractivity contribution in [3.63, 3.8) is 0 Å². The van der Waals surface area contributed by atoms with Crippen LogP contribution in [-0.4, -0.2) is 35.7 Å². The standard InChI is InChI=1S/C44H64O7/c1-8-16-34-18-20-35(21-19-34)36-22-28-39(29-23-36)49-42(47)37-24-26-38(27-25-37)48-32-15-10-9-13-30-43(4,5)50-40(45)17-12-11-14-31-44(6,7)51-41(46)33(2)3/h22-29,34-35H,2,8-21,30-32H2,1,3-7H3. The van der Waals surface area contributed by atoms with E-state index in [0.717, 1.165) is 69.5 Å². The fourth-order valence-corrected chi connectivity index (χ4v) is 6.85. The van der Waals surface area contributed by atoms with Crippen LogP contribution in [0.25, 0.3) is 0 Å². The fourth-order valence-electron chi connectivity index (χ4n) is 6.85. The highest BCUT2D eigenvalue weighted by Crippen LogP contribution is 2.38. The monoisotopic (exact) mass is 704 g/mol. The second kappa shape index (κ2) is 21.0. The van der Waals surface area contributed by atoms with Gasteiger partial charge in [-0.2, -0.15) is 0 Å². The Morgan fingerprint density at radius 2 is 1.29 bits per heavy atom. The first-order valence-corrected chi connectivity index (χ1v) is 19.4. The number of hydrogen-bond donors (Lipinski definition) is 0. The lowest BCUT2D eigenvalue weighted by atomic mass is 9.77. The summed E-state index contributed by atoms with van der Waals surface area (Å²) >= 11 is 0. The van der Waals surface area contributed by atoms with E-state index in [2.05, 4.69) is 25.6 Å². The zero-order valence-electron chi connectivity index (χ0n) is 32.4. The molecule has 7 nitrogen and oxygen atoms in total. The van der Waals surface area contributed by atoms with Crippen LogP contribution < -0.4 is 9.47 Å². The summed E-state index contributed by atoms with van der Waals surface area (Å²) in [5.41, 5.74) is 1.19. The van der Waals surface area contributed by atoms with Gasteiger partial charge in [-0.1, -0.05) is 57.7 Å². The molecule has 1 saturated carbocycles. The number of hydrogen-bond acceptors (Lipinski definition) is 7. The van der Waals surface area contributed by atoms with Crippen molar-refractivity contribution in [2.75, 3.05) is 6.61 Å². The third-order valence-electron chi connectivity index (χ3n) is 9.90. The first-order chi connectivity index (χ1) is 24.3. The maximum atomic E-state index is 12.7. The summed E-state index contributed by atoms with van der Waals surface area (Å²) in [4.78, 5) is 36.9. The maximum absolute atomic E-state index is 12.7. The van der Waals surface area contributed by atoms with Crippen molar-refractivity contribution in [2.45, 2.75) is 161 Å². The van der Waals surface area contributed by atoms with Crippen molar-refractivity contribution >= 4 is 17.9 Å². The molecule has 1 fully saturated rings. The van der Waals surface area contributed by atoms with Crippen molar-refractivity contribution in [3.05, 3.63) is 71.8 Å². The molecule has 0 saturated heterocycles. The highest BCUT2D eigenvalue weighted by atomic mass is 16.6. The smallest absolute Gasteiger partial charge is 0.343 e. The summed E-state index contributed by atoms with van der Waals surface area (Å²) in [7, 11) is 0. The number of rotatable bonds is 22. The van der Waals surface area contributed by atoms with Gasteiger partial charge >= 0.3 is 17.9 Å². The molecule has 7 heteroatoms. The number of unbranched alkanes of at least 4 members (excludes halogenated alkanes) is 5. The molecule has 0 radical (unpaired) electrons. The number of benzene rings is 2. The lowest BCUT2D eigenvalue weighted by molar-refractivity contribution is -0.157. The third kappa shape index (κ3) is 16.1. The molecule has 0 amide bonds. The van der Waals surface area contributed by atoms with Gasteiger partial charge in [-0.3, -0.25) is 4.79 Å². The van der Waals surface area contributed by atoms with E-state index < -0.39 is 11.2 Å². The van der Waals surface area contributed by atoms with Gasteiger partial charge in [0.25, 0.3) is 0 Å². The van der Waals surface area contributed by atoms with Crippen molar-refractivity contribution in [1.29, 1.82) is 0 Å². The lowest BCUT2D eigenvalue weighted by Crippen LogP contribution is -2.28. The Bertz CT molecular complexity index is 1370. The van der Waals surface area contributed by atoms with Crippen molar-refractivity contribution in [3.8, 4) is 11.5 Å². The Morgan fingerprint density at radius 1 is 0.725 bits per heavy atom. The summed E-state index contributed by atoms with van der Waals surface area (Å²) in [6, 6.07) is 15.2. The van der Waals surface area contributed by atoms with Gasteiger partial charge in [0.2, 0.25) is 0 Å². The van der Waals surface area contributed by atoms with Gasteiger partial charge in [-0.15, -0.1) is 0 Å². The molecule has 0 aromatic heterocycles. The van der Waals surface area contributed by atoms with E-state index in [1.165, 1.54) is 44.1 Å². The van der Waals surface area contributed by atoms with E-state index in [1.807, 2.05) is 52.0 Å². The molecule has 51 heavy (non-hydrogen) atoms. The Hall–Kier alpha value is -3.61. The summed E-state index contributed by atoms with van der Waals surface area (Å²) in [5, 5.41) is 0. The van der Waals surface area contributed by atoms with Crippen LogP contribution >= 0.6 is 0 Å². The van der Waals surface area contributed by atoms with E-state index in [0.29, 0.717) is 35.8 Å².